The van der Waals surface area contributed by atoms with Gasteiger partial charge in [0, 0.05) is 11.6 Å². The highest BCUT2D eigenvalue weighted by atomic mass is 16.3. The molecule has 18 heavy (non-hydrogen) atoms. The summed E-state index contributed by atoms with van der Waals surface area (Å²) in [6, 6.07) is 6.45. The predicted octanol–water partition coefficient (Wildman–Crippen LogP) is 2.07. The van der Waals surface area contributed by atoms with Crippen LogP contribution >= 0.6 is 0 Å². The number of hydrogen-bond acceptors (Lipinski definition) is 3. The summed E-state index contributed by atoms with van der Waals surface area (Å²) in [4.78, 5) is 11.8. The van der Waals surface area contributed by atoms with Gasteiger partial charge < -0.3 is 5.11 Å². The first kappa shape index (κ1) is 11.0. The molecule has 2 atom stereocenters. The molecule has 3 rings (SSSR count). The van der Waals surface area contributed by atoms with Crippen molar-refractivity contribution in [3.05, 3.63) is 42.0 Å². The Kier molecular flexibility index (Phi) is 2.63. The van der Waals surface area contributed by atoms with Crippen LogP contribution in [0.2, 0.25) is 0 Å². The van der Waals surface area contributed by atoms with Crippen LogP contribution in [0.1, 0.15) is 23.2 Å². The normalized spacial score (nSPS) is 26.8. The van der Waals surface area contributed by atoms with Crippen LogP contribution < -0.4 is 5.43 Å². The topological polar surface area (TPSA) is 61.7 Å². The number of nitrogens with zero attached hydrogens (tertiary/aromatic N) is 1. The van der Waals surface area contributed by atoms with Gasteiger partial charge >= 0.3 is 0 Å². The minimum Gasteiger partial charge on any atom is -0.507 e. The van der Waals surface area contributed by atoms with E-state index in [1.807, 2.05) is 0 Å². The molecule has 0 unspecified atom stereocenters. The quantitative estimate of drug-likeness (QED) is 0.616. The van der Waals surface area contributed by atoms with Crippen LogP contribution in [0, 0.1) is 11.8 Å². The summed E-state index contributed by atoms with van der Waals surface area (Å²) < 4.78 is 0. The number of phenolic OH excluding ortho intramolecular Hbond substituents is 1. The maximum Gasteiger partial charge on any atom is 0.275 e. The highest BCUT2D eigenvalue weighted by Crippen LogP contribution is 2.40. The maximum atomic E-state index is 11.8. The minimum absolute atomic E-state index is 0.0239. The van der Waals surface area contributed by atoms with Crippen LogP contribution in [0.15, 0.2) is 41.5 Å². The number of phenols is 1. The molecule has 2 aliphatic rings. The number of hydrogen-bond donors (Lipinski definition) is 2. The monoisotopic (exact) mass is 242 g/mol. The van der Waals surface area contributed by atoms with E-state index in [0.29, 0.717) is 11.8 Å². The largest absolute Gasteiger partial charge is 0.507 e. The van der Waals surface area contributed by atoms with Crippen LogP contribution in [-0.4, -0.2) is 16.7 Å². The van der Waals surface area contributed by atoms with Crippen LogP contribution in [-0.2, 0) is 0 Å². The molecule has 2 aliphatic carbocycles. The van der Waals surface area contributed by atoms with E-state index in [1.165, 1.54) is 6.07 Å². The molecule has 0 spiro atoms. The van der Waals surface area contributed by atoms with Gasteiger partial charge in [0.25, 0.3) is 5.91 Å². The minimum atomic E-state index is -0.366. The van der Waals surface area contributed by atoms with Gasteiger partial charge in [0.1, 0.15) is 5.75 Å². The Labute approximate surface area is 105 Å². The van der Waals surface area contributed by atoms with E-state index >= 15 is 0 Å². The van der Waals surface area contributed by atoms with E-state index in [4.69, 9.17) is 0 Å². The van der Waals surface area contributed by atoms with Crippen molar-refractivity contribution in [3.63, 3.8) is 0 Å². The first-order chi connectivity index (χ1) is 8.75. The van der Waals surface area contributed by atoms with Gasteiger partial charge in [-0.1, -0.05) is 24.3 Å². The molecule has 0 saturated heterocycles. The predicted molar refractivity (Wildman–Crippen MR) is 68.4 cm³/mol. The average Bonchev–Trinajstić information content (AvgIpc) is 2.71. The van der Waals surface area contributed by atoms with Crippen molar-refractivity contribution in [3.8, 4) is 5.75 Å². The Balaban J connectivity index is 1.66. The Bertz CT molecular complexity index is 548. The summed E-state index contributed by atoms with van der Waals surface area (Å²) in [5.41, 5.74) is 3.82. The number of hydrazone groups is 1. The van der Waals surface area contributed by atoms with Gasteiger partial charge in [-0.15, -0.1) is 0 Å². The van der Waals surface area contributed by atoms with Gasteiger partial charge in [-0.3, -0.25) is 4.79 Å². The van der Waals surface area contributed by atoms with Gasteiger partial charge in [-0.2, -0.15) is 5.10 Å². The first-order valence-corrected chi connectivity index (χ1v) is 6.07. The summed E-state index contributed by atoms with van der Waals surface area (Å²) in [5.74, 6) is 0.708. The zero-order valence-corrected chi connectivity index (χ0v) is 9.84. The number of carbonyl (C=O) groups excluding carboxylic acids is 1. The molecule has 2 N–H and O–H groups in total. The van der Waals surface area contributed by atoms with Crippen molar-refractivity contribution in [1.29, 1.82) is 0 Å². The molecule has 1 saturated carbocycles. The van der Waals surface area contributed by atoms with Crippen LogP contribution in [0.3, 0.4) is 0 Å². The fourth-order valence-corrected chi connectivity index (χ4v) is 2.51. The summed E-state index contributed by atoms with van der Waals surface area (Å²) in [7, 11) is 0. The molecule has 0 aliphatic heterocycles. The lowest BCUT2D eigenvalue weighted by Gasteiger charge is -2.31. The fraction of sp³-hybridized carbons (Fsp3) is 0.286. The number of aromatic hydroxyl groups is 1. The molecular weight excluding hydrogens is 228 g/mol. The Morgan fingerprint density at radius 1 is 1.39 bits per heavy atom. The molecule has 1 aromatic carbocycles. The van der Waals surface area contributed by atoms with Crippen molar-refractivity contribution in [2.75, 3.05) is 0 Å². The highest BCUT2D eigenvalue weighted by molar-refractivity contribution is 5.99. The Morgan fingerprint density at radius 2 is 2.22 bits per heavy atom. The zero-order valence-electron chi connectivity index (χ0n) is 9.84. The molecule has 0 bridgehead atoms. The number of nitrogens with one attached hydrogen (secondary N) is 1. The third kappa shape index (κ3) is 1.79. The molecule has 92 valence electrons. The number of carbonyl (C=O) groups is 1. The van der Waals surface area contributed by atoms with Crippen molar-refractivity contribution in [1.82, 2.24) is 5.43 Å². The Morgan fingerprint density at radius 3 is 3.00 bits per heavy atom. The molecule has 1 amide bonds. The van der Waals surface area contributed by atoms with Crippen LogP contribution in [0.4, 0.5) is 0 Å². The van der Waals surface area contributed by atoms with Gasteiger partial charge in [0.05, 0.1) is 5.56 Å². The molecule has 4 nitrogen and oxygen atoms in total. The number of amides is 1. The van der Waals surface area contributed by atoms with Crippen LogP contribution in [0.5, 0.6) is 5.75 Å². The van der Waals surface area contributed by atoms with Crippen molar-refractivity contribution in [2.45, 2.75) is 12.8 Å². The van der Waals surface area contributed by atoms with Gasteiger partial charge in [0.2, 0.25) is 0 Å². The van der Waals surface area contributed by atoms with E-state index in [-0.39, 0.29) is 17.2 Å². The number of benzene rings is 1. The standard InChI is InChI=1S/C14H14N2O2/c17-13-7-2-1-5-11(13)14(18)16-15-12-8-9-4-3-6-10(9)12/h1-5,7,9-10,17H,6,8H2,(H,16,18)/b15-12+/t9-,10-/m1/s1. The SMILES string of the molecule is O=C(N/N=C1\C[C@H]2C=CC[C@@H]12)c1ccccc1O. The number of fused-ring (bicyclic) bond motifs is 1. The maximum absolute atomic E-state index is 11.8. The lowest BCUT2D eigenvalue weighted by atomic mass is 9.74. The Hall–Kier alpha value is -2.10. The van der Waals surface area contributed by atoms with Gasteiger partial charge in [-0.25, -0.2) is 5.43 Å². The van der Waals surface area contributed by atoms with E-state index in [9.17, 15) is 9.90 Å². The number of allylic oxidation sites excluding steroid dienone is 2. The summed E-state index contributed by atoms with van der Waals surface area (Å²) in [6.07, 6.45) is 6.34. The van der Waals surface area contributed by atoms with Gasteiger partial charge in [-0.05, 0) is 30.9 Å². The third-order valence-corrected chi connectivity index (χ3v) is 3.61. The molecule has 4 heteroatoms. The molecule has 0 aromatic heterocycles. The summed E-state index contributed by atoms with van der Waals surface area (Å²) >= 11 is 0. The third-order valence-electron chi connectivity index (χ3n) is 3.61. The smallest absolute Gasteiger partial charge is 0.275 e. The van der Waals surface area contributed by atoms with E-state index in [2.05, 4.69) is 22.7 Å². The second-order valence-electron chi connectivity index (χ2n) is 4.70. The molecule has 0 radical (unpaired) electrons. The van der Waals surface area contributed by atoms with Gasteiger partial charge in [0.15, 0.2) is 0 Å². The number of rotatable bonds is 2. The fourth-order valence-electron chi connectivity index (χ4n) is 2.51. The second-order valence-corrected chi connectivity index (χ2v) is 4.70. The summed E-state index contributed by atoms with van der Waals surface area (Å²) in [6.45, 7) is 0. The van der Waals surface area contributed by atoms with E-state index in [1.54, 1.807) is 18.2 Å². The lowest BCUT2D eigenvalue weighted by molar-refractivity contribution is 0.0951. The molecular formula is C14H14N2O2. The molecule has 1 fully saturated rings. The summed E-state index contributed by atoms with van der Waals surface area (Å²) in [5, 5.41) is 13.7. The van der Waals surface area contributed by atoms with Crippen molar-refractivity contribution in [2.24, 2.45) is 16.9 Å². The lowest BCUT2D eigenvalue weighted by Crippen LogP contribution is -2.35. The van der Waals surface area contributed by atoms with E-state index in [0.717, 1.165) is 18.6 Å². The highest BCUT2D eigenvalue weighted by Gasteiger charge is 2.38. The second kappa shape index (κ2) is 4.29. The first-order valence-electron chi connectivity index (χ1n) is 6.07. The average molecular weight is 242 g/mol. The number of para-hydroxylation sites is 1. The van der Waals surface area contributed by atoms with Crippen molar-refractivity contribution < 1.29 is 9.90 Å². The van der Waals surface area contributed by atoms with Crippen molar-refractivity contribution >= 4 is 11.6 Å². The molecule has 1 aromatic rings. The van der Waals surface area contributed by atoms with E-state index < -0.39 is 0 Å². The zero-order chi connectivity index (χ0) is 12.5. The molecule has 0 heterocycles. The van der Waals surface area contributed by atoms with Crippen LogP contribution in [0.25, 0.3) is 0 Å².